The van der Waals surface area contributed by atoms with Gasteiger partial charge in [-0.2, -0.15) is 0 Å². The Balaban J connectivity index is 1.89. The molecule has 2 aromatic rings. The minimum absolute atomic E-state index is 0.254. The molecule has 0 saturated heterocycles. The summed E-state index contributed by atoms with van der Waals surface area (Å²) in [7, 11) is 1.52. The van der Waals surface area contributed by atoms with Gasteiger partial charge in [0.1, 0.15) is 6.33 Å². The van der Waals surface area contributed by atoms with Gasteiger partial charge in [0.25, 0.3) is 0 Å². The standard InChI is InChI=1S/C14H14ClN3O3/c1-19-12-13(15)16-8-17-14(12)18-9-3-4-10-11(7-9)21-6-2-5-20-10/h3-4,7-8H,2,5-6H2,1H3,(H,16,17,18). The van der Waals surface area contributed by atoms with Crippen molar-refractivity contribution in [1.82, 2.24) is 9.97 Å². The van der Waals surface area contributed by atoms with Crippen molar-refractivity contribution in [3.8, 4) is 17.2 Å². The van der Waals surface area contributed by atoms with E-state index in [1.807, 2.05) is 18.2 Å². The Morgan fingerprint density at radius 2 is 2.00 bits per heavy atom. The summed E-state index contributed by atoms with van der Waals surface area (Å²) in [5.74, 6) is 2.33. The molecule has 0 amide bonds. The summed E-state index contributed by atoms with van der Waals surface area (Å²) in [4.78, 5) is 8.01. The molecule has 1 aliphatic rings. The summed E-state index contributed by atoms with van der Waals surface area (Å²) in [6.45, 7) is 1.30. The highest BCUT2D eigenvalue weighted by Crippen LogP contribution is 2.35. The van der Waals surface area contributed by atoms with Crippen LogP contribution in [0.3, 0.4) is 0 Å². The first-order valence-electron chi connectivity index (χ1n) is 6.49. The summed E-state index contributed by atoms with van der Waals surface area (Å²) in [5.41, 5.74) is 0.798. The lowest BCUT2D eigenvalue weighted by Crippen LogP contribution is -2.00. The molecule has 1 aromatic carbocycles. The van der Waals surface area contributed by atoms with Crippen LogP contribution in [0, 0.1) is 0 Å². The minimum atomic E-state index is 0.254. The van der Waals surface area contributed by atoms with E-state index in [0.29, 0.717) is 30.5 Å². The number of halogens is 1. The van der Waals surface area contributed by atoms with Gasteiger partial charge in [0, 0.05) is 18.2 Å². The second-order valence-corrected chi connectivity index (χ2v) is 4.74. The van der Waals surface area contributed by atoms with E-state index in [4.69, 9.17) is 25.8 Å². The van der Waals surface area contributed by atoms with Crippen LogP contribution in [0.25, 0.3) is 0 Å². The second-order valence-electron chi connectivity index (χ2n) is 4.38. The van der Waals surface area contributed by atoms with Crippen LogP contribution in [0.5, 0.6) is 17.2 Å². The summed E-state index contributed by atoms with van der Waals surface area (Å²) < 4.78 is 16.5. The molecule has 1 aliphatic heterocycles. The molecule has 2 heterocycles. The normalized spacial score (nSPS) is 13.4. The first-order valence-corrected chi connectivity index (χ1v) is 6.87. The molecule has 0 unspecified atom stereocenters. The van der Waals surface area contributed by atoms with Crippen LogP contribution in [0.2, 0.25) is 5.15 Å². The van der Waals surface area contributed by atoms with Crippen molar-refractivity contribution >= 4 is 23.1 Å². The molecule has 21 heavy (non-hydrogen) atoms. The Hall–Kier alpha value is -2.21. The van der Waals surface area contributed by atoms with Crippen molar-refractivity contribution in [3.05, 3.63) is 29.7 Å². The smallest absolute Gasteiger partial charge is 0.199 e. The average molecular weight is 308 g/mol. The zero-order chi connectivity index (χ0) is 14.7. The number of nitrogens with one attached hydrogen (secondary N) is 1. The number of nitrogens with zero attached hydrogens (tertiary/aromatic N) is 2. The zero-order valence-electron chi connectivity index (χ0n) is 11.4. The van der Waals surface area contributed by atoms with Gasteiger partial charge >= 0.3 is 0 Å². The maximum absolute atomic E-state index is 5.97. The summed E-state index contributed by atoms with van der Waals surface area (Å²) in [5, 5.41) is 3.39. The molecule has 1 N–H and O–H groups in total. The molecule has 110 valence electrons. The third-order valence-corrected chi connectivity index (χ3v) is 3.24. The molecular weight excluding hydrogens is 294 g/mol. The quantitative estimate of drug-likeness (QED) is 0.879. The number of aromatic nitrogens is 2. The Kier molecular flexibility index (Phi) is 3.96. The van der Waals surface area contributed by atoms with Crippen LogP contribution in [-0.2, 0) is 0 Å². The molecule has 0 aliphatic carbocycles. The molecule has 0 radical (unpaired) electrons. The number of anilines is 2. The highest BCUT2D eigenvalue weighted by molar-refractivity contribution is 6.31. The molecule has 7 heteroatoms. The predicted molar refractivity (Wildman–Crippen MR) is 78.9 cm³/mol. The van der Waals surface area contributed by atoms with Crippen LogP contribution in [0.1, 0.15) is 6.42 Å². The van der Waals surface area contributed by atoms with Gasteiger partial charge in [-0.05, 0) is 12.1 Å². The van der Waals surface area contributed by atoms with Gasteiger partial charge in [0.05, 0.1) is 20.3 Å². The van der Waals surface area contributed by atoms with E-state index in [9.17, 15) is 0 Å². The number of fused-ring (bicyclic) bond motifs is 1. The van der Waals surface area contributed by atoms with E-state index < -0.39 is 0 Å². The Labute approximate surface area is 127 Å². The van der Waals surface area contributed by atoms with E-state index in [-0.39, 0.29) is 5.15 Å². The zero-order valence-corrected chi connectivity index (χ0v) is 12.2. The first-order chi connectivity index (χ1) is 10.3. The fraction of sp³-hybridized carbons (Fsp3) is 0.286. The fourth-order valence-corrected chi connectivity index (χ4v) is 2.21. The van der Waals surface area contributed by atoms with E-state index in [1.165, 1.54) is 13.4 Å². The fourth-order valence-electron chi connectivity index (χ4n) is 2.00. The van der Waals surface area contributed by atoms with Crippen LogP contribution in [0.4, 0.5) is 11.5 Å². The van der Waals surface area contributed by atoms with Crippen LogP contribution < -0.4 is 19.5 Å². The summed E-state index contributed by atoms with van der Waals surface area (Å²) >= 11 is 5.97. The van der Waals surface area contributed by atoms with Crippen molar-refractivity contribution < 1.29 is 14.2 Å². The molecule has 0 spiro atoms. The number of methoxy groups -OCH3 is 1. The highest BCUT2D eigenvalue weighted by atomic mass is 35.5. The maximum Gasteiger partial charge on any atom is 0.199 e. The Morgan fingerprint density at radius 3 is 2.81 bits per heavy atom. The number of hydrogen-bond donors (Lipinski definition) is 1. The van der Waals surface area contributed by atoms with E-state index in [1.54, 1.807) is 0 Å². The molecule has 0 saturated carbocycles. The molecule has 0 bridgehead atoms. The van der Waals surface area contributed by atoms with Gasteiger partial charge in [-0.15, -0.1) is 0 Å². The van der Waals surface area contributed by atoms with E-state index >= 15 is 0 Å². The van der Waals surface area contributed by atoms with Gasteiger partial charge in [-0.1, -0.05) is 11.6 Å². The van der Waals surface area contributed by atoms with Crippen molar-refractivity contribution in [3.63, 3.8) is 0 Å². The van der Waals surface area contributed by atoms with Crippen molar-refractivity contribution in [2.45, 2.75) is 6.42 Å². The number of ether oxygens (including phenoxy) is 3. The first kappa shape index (κ1) is 13.8. The van der Waals surface area contributed by atoms with Crippen molar-refractivity contribution in [2.24, 2.45) is 0 Å². The highest BCUT2D eigenvalue weighted by Gasteiger charge is 2.13. The van der Waals surface area contributed by atoms with Gasteiger partial charge in [0.2, 0.25) is 0 Å². The van der Waals surface area contributed by atoms with Gasteiger partial charge in [-0.25, -0.2) is 9.97 Å². The third kappa shape index (κ3) is 2.95. The van der Waals surface area contributed by atoms with Gasteiger partial charge in [0.15, 0.2) is 28.2 Å². The average Bonchev–Trinajstić information content (AvgIpc) is 2.72. The van der Waals surface area contributed by atoms with Crippen LogP contribution in [0.15, 0.2) is 24.5 Å². The Bertz CT molecular complexity index is 651. The van der Waals surface area contributed by atoms with Crippen molar-refractivity contribution in [2.75, 3.05) is 25.6 Å². The lowest BCUT2D eigenvalue weighted by Gasteiger charge is -2.12. The molecule has 3 rings (SSSR count). The maximum atomic E-state index is 5.97. The largest absolute Gasteiger partial charge is 0.490 e. The molecule has 0 atom stereocenters. The Morgan fingerprint density at radius 1 is 1.19 bits per heavy atom. The monoisotopic (exact) mass is 307 g/mol. The van der Waals surface area contributed by atoms with E-state index in [2.05, 4.69) is 15.3 Å². The summed E-state index contributed by atoms with van der Waals surface area (Å²) in [6, 6.07) is 5.59. The van der Waals surface area contributed by atoms with Crippen LogP contribution in [-0.4, -0.2) is 30.3 Å². The molecule has 6 nitrogen and oxygen atoms in total. The minimum Gasteiger partial charge on any atom is -0.490 e. The van der Waals surface area contributed by atoms with E-state index in [0.717, 1.165) is 17.9 Å². The van der Waals surface area contributed by atoms with Crippen molar-refractivity contribution in [1.29, 1.82) is 0 Å². The number of benzene rings is 1. The lowest BCUT2D eigenvalue weighted by atomic mass is 10.2. The molecule has 0 fully saturated rings. The topological polar surface area (TPSA) is 65.5 Å². The molecule has 1 aromatic heterocycles. The van der Waals surface area contributed by atoms with Crippen LogP contribution >= 0.6 is 11.6 Å². The van der Waals surface area contributed by atoms with Gasteiger partial charge < -0.3 is 19.5 Å². The SMILES string of the molecule is COc1c(Cl)ncnc1Nc1ccc2c(c1)OCCCO2. The number of hydrogen-bond acceptors (Lipinski definition) is 6. The number of rotatable bonds is 3. The predicted octanol–water partition coefficient (Wildman–Crippen LogP) is 3.04. The molecular formula is C14H14ClN3O3. The lowest BCUT2D eigenvalue weighted by molar-refractivity contribution is 0.297. The van der Waals surface area contributed by atoms with Gasteiger partial charge in [-0.3, -0.25) is 0 Å². The third-order valence-electron chi connectivity index (χ3n) is 2.97. The second kappa shape index (κ2) is 6.05. The summed E-state index contributed by atoms with van der Waals surface area (Å²) in [6.07, 6.45) is 2.24.